The number of pyridine rings is 1. The molecule has 0 saturated carbocycles. The summed E-state index contributed by atoms with van der Waals surface area (Å²) < 4.78 is 5.21. The minimum atomic E-state index is 0.384. The molecule has 2 N–H and O–H groups in total. The van der Waals surface area contributed by atoms with E-state index >= 15 is 0 Å². The first-order chi connectivity index (χ1) is 9.26. The molecule has 0 atom stereocenters. The predicted molar refractivity (Wildman–Crippen MR) is 71.3 cm³/mol. The maximum atomic E-state index is 5.53. The van der Waals surface area contributed by atoms with E-state index in [1.807, 2.05) is 24.4 Å². The van der Waals surface area contributed by atoms with E-state index in [0.29, 0.717) is 29.6 Å². The normalized spacial score (nSPS) is 10.8. The SMILES string of the molecule is Cc1ccnc(-c2noc(-c3csc(CN)n3)n2)c1. The van der Waals surface area contributed by atoms with Crippen LogP contribution in [0, 0.1) is 6.92 Å². The van der Waals surface area contributed by atoms with E-state index in [2.05, 4.69) is 20.1 Å². The average Bonchev–Trinajstić information content (AvgIpc) is 3.07. The molecule has 19 heavy (non-hydrogen) atoms. The first-order valence-electron chi connectivity index (χ1n) is 5.68. The van der Waals surface area contributed by atoms with Gasteiger partial charge in [-0.15, -0.1) is 11.3 Å². The third kappa shape index (κ3) is 2.38. The highest BCUT2D eigenvalue weighted by molar-refractivity contribution is 7.09. The number of thiazole rings is 1. The summed E-state index contributed by atoms with van der Waals surface area (Å²) >= 11 is 1.47. The van der Waals surface area contributed by atoms with Crippen LogP contribution in [0.15, 0.2) is 28.2 Å². The Hall–Kier alpha value is -2.12. The molecule has 0 saturated heterocycles. The van der Waals surface area contributed by atoms with Gasteiger partial charge in [-0.1, -0.05) is 5.16 Å². The third-order valence-corrected chi connectivity index (χ3v) is 3.39. The van der Waals surface area contributed by atoms with Crippen molar-refractivity contribution in [3.05, 3.63) is 34.3 Å². The number of rotatable bonds is 3. The topological polar surface area (TPSA) is 90.7 Å². The Balaban J connectivity index is 1.95. The summed E-state index contributed by atoms with van der Waals surface area (Å²) in [6.45, 7) is 2.39. The molecule has 0 amide bonds. The molecule has 0 aliphatic heterocycles. The van der Waals surface area contributed by atoms with Crippen molar-refractivity contribution < 1.29 is 4.52 Å². The van der Waals surface area contributed by atoms with Crippen molar-refractivity contribution in [2.75, 3.05) is 0 Å². The number of nitrogens with two attached hydrogens (primary N) is 1. The van der Waals surface area contributed by atoms with Crippen LogP contribution in [-0.2, 0) is 6.54 Å². The van der Waals surface area contributed by atoms with Gasteiger partial charge in [0.1, 0.15) is 16.4 Å². The van der Waals surface area contributed by atoms with Gasteiger partial charge < -0.3 is 10.3 Å². The van der Waals surface area contributed by atoms with Gasteiger partial charge in [0.15, 0.2) is 0 Å². The molecule has 0 aromatic carbocycles. The van der Waals surface area contributed by atoms with Crippen LogP contribution in [0.25, 0.3) is 23.1 Å². The van der Waals surface area contributed by atoms with E-state index in [-0.39, 0.29) is 0 Å². The second-order valence-electron chi connectivity index (χ2n) is 3.97. The van der Waals surface area contributed by atoms with E-state index in [4.69, 9.17) is 10.3 Å². The lowest BCUT2D eigenvalue weighted by atomic mass is 10.2. The summed E-state index contributed by atoms with van der Waals surface area (Å²) in [5.41, 5.74) is 7.95. The molecule has 0 spiro atoms. The van der Waals surface area contributed by atoms with Crippen molar-refractivity contribution in [3.63, 3.8) is 0 Å². The lowest BCUT2D eigenvalue weighted by molar-refractivity contribution is 0.431. The zero-order valence-corrected chi connectivity index (χ0v) is 11.0. The second-order valence-corrected chi connectivity index (χ2v) is 4.91. The lowest BCUT2D eigenvalue weighted by Gasteiger charge is -1.93. The van der Waals surface area contributed by atoms with Crippen LogP contribution in [0.1, 0.15) is 10.6 Å². The Labute approximate surface area is 113 Å². The lowest BCUT2D eigenvalue weighted by Crippen LogP contribution is -1.94. The van der Waals surface area contributed by atoms with Crippen LogP contribution < -0.4 is 5.73 Å². The molecule has 3 aromatic heterocycles. The van der Waals surface area contributed by atoms with Gasteiger partial charge >= 0.3 is 0 Å². The van der Waals surface area contributed by atoms with E-state index in [9.17, 15) is 0 Å². The maximum absolute atomic E-state index is 5.53. The molecule has 6 nitrogen and oxygen atoms in total. The number of hydrogen-bond acceptors (Lipinski definition) is 7. The molecule has 0 unspecified atom stereocenters. The molecule has 0 aliphatic carbocycles. The smallest absolute Gasteiger partial charge is 0.277 e. The molecule has 0 fully saturated rings. The summed E-state index contributed by atoms with van der Waals surface area (Å²) in [7, 11) is 0. The molecular formula is C12H11N5OS. The fraction of sp³-hybridized carbons (Fsp3) is 0.167. The highest BCUT2D eigenvalue weighted by Crippen LogP contribution is 2.22. The Morgan fingerprint density at radius 2 is 2.21 bits per heavy atom. The summed E-state index contributed by atoms with van der Waals surface area (Å²) in [4.78, 5) is 12.8. The zero-order valence-electron chi connectivity index (χ0n) is 10.2. The summed E-state index contributed by atoms with van der Waals surface area (Å²) in [5.74, 6) is 0.843. The Morgan fingerprint density at radius 3 is 2.95 bits per heavy atom. The van der Waals surface area contributed by atoms with Gasteiger partial charge in [-0.3, -0.25) is 4.98 Å². The largest absolute Gasteiger partial charge is 0.332 e. The van der Waals surface area contributed by atoms with Crippen LogP contribution in [-0.4, -0.2) is 20.1 Å². The van der Waals surface area contributed by atoms with Gasteiger partial charge in [-0.2, -0.15) is 4.98 Å². The number of aryl methyl sites for hydroxylation is 1. The van der Waals surface area contributed by atoms with Gasteiger partial charge in [0, 0.05) is 18.1 Å². The highest BCUT2D eigenvalue weighted by atomic mass is 32.1. The van der Waals surface area contributed by atoms with Crippen molar-refractivity contribution in [2.45, 2.75) is 13.5 Å². The molecule has 96 valence electrons. The van der Waals surface area contributed by atoms with Gasteiger partial charge in [0.25, 0.3) is 5.89 Å². The molecule has 7 heteroatoms. The van der Waals surface area contributed by atoms with Crippen molar-refractivity contribution in [2.24, 2.45) is 5.73 Å². The van der Waals surface area contributed by atoms with Crippen LogP contribution in [0.4, 0.5) is 0 Å². The molecule has 0 radical (unpaired) electrons. The quantitative estimate of drug-likeness (QED) is 0.785. The van der Waals surface area contributed by atoms with E-state index in [0.717, 1.165) is 10.6 Å². The third-order valence-electron chi connectivity index (χ3n) is 2.52. The van der Waals surface area contributed by atoms with Crippen LogP contribution in [0.2, 0.25) is 0 Å². The Morgan fingerprint density at radius 1 is 1.32 bits per heavy atom. The van der Waals surface area contributed by atoms with Gasteiger partial charge in [-0.25, -0.2) is 4.98 Å². The first-order valence-corrected chi connectivity index (χ1v) is 6.56. The van der Waals surface area contributed by atoms with Gasteiger partial charge in [0.05, 0.1) is 0 Å². The zero-order chi connectivity index (χ0) is 13.2. The van der Waals surface area contributed by atoms with E-state index in [1.54, 1.807) is 6.20 Å². The molecule has 3 heterocycles. The van der Waals surface area contributed by atoms with Crippen LogP contribution >= 0.6 is 11.3 Å². The molecular weight excluding hydrogens is 262 g/mol. The van der Waals surface area contributed by atoms with Gasteiger partial charge in [0.2, 0.25) is 5.82 Å². The van der Waals surface area contributed by atoms with Crippen molar-refractivity contribution >= 4 is 11.3 Å². The van der Waals surface area contributed by atoms with Crippen LogP contribution in [0.3, 0.4) is 0 Å². The average molecular weight is 273 g/mol. The van der Waals surface area contributed by atoms with Crippen molar-refractivity contribution in [1.82, 2.24) is 20.1 Å². The Kier molecular flexibility index (Phi) is 3.06. The Bertz CT molecular complexity index is 705. The summed E-state index contributed by atoms with van der Waals surface area (Å²) in [6.07, 6.45) is 1.72. The number of nitrogens with zero attached hydrogens (tertiary/aromatic N) is 4. The van der Waals surface area contributed by atoms with Crippen molar-refractivity contribution in [1.29, 1.82) is 0 Å². The first kappa shape index (κ1) is 11.9. The van der Waals surface area contributed by atoms with E-state index in [1.165, 1.54) is 11.3 Å². The van der Waals surface area contributed by atoms with Crippen LogP contribution in [0.5, 0.6) is 0 Å². The number of aromatic nitrogens is 4. The highest BCUT2D eigenvalue weighted by Gasteiger charge is 2.14. The minimum Gasteiger partial charge on any atom is -0.332 e. The van der Waals surface area contributed by atoms with Gasteiger partial charge in [-0.05, 0) is 24.6 Å². The van der Waals surface area contributed by atoms with Crippen molar-refractivity contribution in [3.8, 4) is 23.1 Å². The van der Waals surface area contributed by atoms with E-state index < -0.39 is 0 Å². The summed E-state index contributed by atoms with van der Waals surface area (Å²) in [5, 5.41) is 6.61. The maximum Gasteiger partial charge on any atom is 0.277 e. The number of hydrogen-bond donors (Lipinski definition) is 1. The standard InChI is InChI=1S/C12H11N5OS/c1-7-2-3-14-8(4-7)11-16-12(18-17-11)9-6-19-10(5-13)15-9/h2-4,6H,5,13H2,1H3. The second kappa shape index (κ2) is 4.87. The molecule has 0 bridgehead atoms. The molecule has 0 aliphatic rings. The minimum absolute atomic E-state index is 0.384. The predicted octanol–water partition coefficient (Wildman–Crippen LogP) is 2.02. The fourth-order valence-electron chi connectivity index (χ4n) is 1.59. The fourth-order valence-corrected chi connectivity index (χ4v) is 2.24. The monoisotopic (exact) mass is 273 g/mol. The molecule has 3 aromatic rings. The summed E-state index contributed by atoms with van der Waals surface area (Å²) in [6, 6.07) is 3.82. The molecule has 3 rings (SSSR count).